The molecule has 150 valence electrons. The predicted octanol–water partition coefficient (Wildman–Crippen LogP) is 3.16. The van der Waals surface area contributed by atoms with Crippen LogP contribution in [0, 0.1) is 6.92 Å². The highest BCUT2D eigenvalue weighted by molar-refractivity contribution is 7.98. The highest BCUT2D eigenvalue weighted by Gasteiger charge is 2.22. The summed E-state index contributed by atoms with van der Waals surface area (Å²) in [7, 11) is 1.58. The van der Waals surface area contributed by atoms with Crippen molar-refractivity contribution in [2.24, 2.45) is 0 Å². The van der Waals surface area contributed by atoms with Gasteiger partial charge in [0.15, 0.2) is 17.3 Å². The van der Waals surface area contributed by atoms with Gasteiger partial charge < -0.3 is 19.5 Å². The third kappa shape index (κ3) is 4.44. The molecular weight excluding hydrogens is 392 g/mol. The lowest BCUT2D eigenvalue weighted by Crippen LogP contribution is -2.06. The van der Waals surface area contributed by atoms with Crippen LogP contribution in [0.3, 0.4) is 0 Å². The SMILES string of the molecule is COc1ccc(Nc2ncc(C3OCCO3)cc2-c2nc(C)nc(SC)n2)cn1. The molecule has 0 amide bonds. The first-order valence-electron chi connectivity index (χ1n) is 8.93. The maximum absolute atomic E-state index is 5.62. The number of methoxy groups -OCH3 is 1. The number of aryl methyl sites for hydroxylation is 1. The molecule has 1 aliphatic heterocycles. The van der Waals surface area contributed by atoms with E-state index in [1.807, 2.05) is 25.3 Å². The molecule has 1 saturated heterocycles. The van der Waals surface area contributed by atoms with Crippen molar-refractivity contribution >= 4 is 23.3 Å². The van der Waals surface area contributed by atoms with Crippen LogP contribution in [0.4, 0.5) is 11.5 Å². The summed E-state index contributed by atoms with van der Waals surface area (Å²) in [5.41, 5.74) is 2.29. The number of nitrogens with zero attached hydrogens (tertiary/aromatic N) is 5. The summed E-state index contributed by atoms with van der Waals surface area (Å²) in [6, 6.07) is 5.57. The molecule has 0 aliphatic carbocycles. The minimum atomic E-state index is -0.444. The highest BCUT2D eigenvalue weighted by atomic mass is 32.2. The zero-order valence-electron chi connectivity index (χ0n) is 16.2. The van der Waals surface area contributed by atoms with Crippen molar-refractivity contribution in [1.82, 2.24) is 24.9 Å². The van der Waals surface area contributed by atoms with Gasteiger partial charge in [-0.25, -0.2) is 24.9 Å². The predicted molar refractivity (Wildman–Crippen MR) is 108 cm³/mol. The first kappa shape index (κ1) is 19.5. The molecule has 0 radical (unpaired) electrons. The average Bonchev–Trinajstić information content (AvgIpc) is 3.29. The summed E-state index contributed by atoms with van der Waals surface area (Å²) in [5.74, 6) is 2.29. The first-order chi connectivity index (χ1) is 14.2. The summed E-state index contributed by atoms with van der Waals surface area (Å²) in [6.45, 7) is 2.95. The smallest absolute Gasteiger partial charge is 0.213 e. The molecule has 0 saturated carbocycles. The second-order valence-electron chi connectivity index (χ2n) is 6.15. The standard InChI is InChI=1S/C19H20N6O3S/c1-11-22-17(25-19(23-11)29-3)14-8-12(18-27-6-7-28-18)9-21-16(14)24-13-4-5-15(26-2)20-10-13/h4-5,8-10,18H,6-7H2,1-3H3,(H,21,24). The van der Waals surface area contributed by atoms with Crippen LogP contribution >= 0.6 is 11.8 Å². The van der Waals surface area contributed by atoms with Crippen LogP contribution < -0.4 is 10.1 Å². The number of anilines is 2. The van der Waals surface area contributed by atoms with Gasteiger partial charge in [-0.05, 0) is 25.3 Å². The number of hydrogen-bond donors (Lipinski definition) is 1. The van der Waals surface area contributed by atoms with Gasteiger partial charge in [0, 0.05) is 17.8 Å². The number of ether oxygens (including phenoxy) is 3. The van der Waals surface area contributed by atoms with E-state index in [4.69, 9.17) is 14.2 Å². The molecule has 29 heavy (non-hydrogen) atoms. The fourth-order valence-electron chi connectivity index (χ4n) is 2.81. The van der Waals surface area contributed by atoms with Gasteiger partial charge in [0.2, 0.25) is 5.88 Å². The van der Waals surface area contributed by atoms with E-state index in [1.54, 1.807) is 25.6 Å². The van der Waals surface area contributed by atoms with Crippen molar-refractivity contribution in [3.05, 3.63) is 42.0 Å². The van der Waals surface area contributed by atoms with Crippen molar-refractivity contribution in [2.75, 3.05) is 31.9 Å². The van der Waals surface area contributed by atoms with Gasteiger partial charge in [-0.15, -0.1) is 0 Å². The Labute approximate surface area is 172 Å². The summed E-state index contributed by atoms with van der Waals surface area (Å²) in [6.07, 6.45) is 4.88. The molecule has 10 heteroatoms. The molecule has 0 bridgehead atoms. The maximum Gasteiger partial charge on any atom is 0.213 e. The number of hydrogen-bond acceptors (Lipinski definition) is 10. The lowest BCUT2D eigenvalue weighted by molar-refractivity contribution is -0.0442. The molecule has 0 spiro atoms. The average molecular weight is 412 g/mol. The minimum absolute atomic E-state index is 0.444. The van der Waals surface area contributed by atoms with Gasteiger partial charge in [-0.1, -0.05) is 11.8 Å². The quantitative estimate of drug-likeness (QED) is 0.607. The molecule has 4 rings (SSSR count). The Balaban J connectivity index is 1.76. The molecule has 0 aromatic carbocycles. The minimum Gasteiger partial charge on any atom is -0.481 e. The number of pyridine rings is 2. The second-order valence-corrected chi connectivity index (χ2v) is 6.92. The molecule has 3 aromatic heterocycles. The van der Waals surface area contributed by atoms with E-state index in [2.05, 4.69) is 30.2 Å². The maximum atomic E-state index is 5.62. The molecule has 3 aromatic rings. The van der Waals surface area contributed by atoms with Crippen LogP contribution in [-0.2, 0) is 9.47 Å². The van der Waals surface area contributed by atoms with Crippen LogP contribution in [0.1, 0.15) is 17.7 Å². The van der Waals surface area contributed by atoms with Crippen LogP contribution in [0.2, 0.25) is 0 Å². The number of aromatic nitrogens is 5. The molecule has 1 fully saturated rings. The van der Waals surface area contributed by atoms with Gasteiger partial charge in [0.1, 0.15) is 11.6 Å². The molecule has 0 atom stereocenters. The molecule has 1 N–H and O–H groups in total. The fourth-order valence-corrected chi connectivity index (χ4v) is 3.21. The van der Waals surface area contributed by atoms with Gasteiger partial charge in [0.25, 0.3) is 0 Å². The molecule has 1 aliphatic rings. The van der Waals surface area contributed by atoms with Gasteiger partial charge in [-0.2, -0.15) is 0 Å². The van der Waals surface area contributed by atoms with Crippen molar-refractivity contribution in [3.63, 3.8) is 0 Å². The van der Waals surface area contributed by atoms with Gasteiger partial charge in [-0.3, -0.25) is 0 Å². The normalized spacial score (nSPS) is 14.2. The topological polar surface area (TPSA) is 104 Å². The van der Waals surface area contributed by atoms with E-state index in [0.29, 0.717) is 41.7 Å². The molecule has 4 heterocycles. The Morgan fingerprint density at radius 1 is 1.10 bits per heavy atom. The Bertz CT molecular complexity index is 996. The van der Waals surface area contributed by atoms with Crippen LogP contribution in [0.5, 0.6) is 5.88 Å². The lowest BCUT2D eigenvalue weighted by atomic mass is 10.1. The van der Waals surface area contributed by atoms with Crippen molar-refractivity contribution < 1.29 is 14.2 Å². The van der Waals surface area contributed by atoms with Crippen molar-refractivity contribution in [1.29, 1.82) is 0 Å². The summed E-state index contributed by atoms with van der Waals surface area (Å²) < 4.78 is 16.3. The van der Waals surface area contributed by atoms with Crippen LogP contribution in [0.15, 0.2) is 35.7 Å². The Morgan fingerprint density at radius 3 is 2.62 bits per heavy atom. The van der Waals surface area contributed by atoms with E-state index >= 15 is 0 Å². The molecular formula is C19H20N6O3S. The van der Waals surface area contributed by atoms with Crippen LogP contribution in [-0.4, -0.2) is 51.5 Å². The van der Waals surface area contributed by atoms with Crippen molar-refractivity contribution in [3.8, 4) is 17.3 Å². The summed E-state index contributed by atoms with van der Waals surface area (Å²) in [5, 5.41) is 3.92. The fraction of sp³-hybridized carbons (Fsp3) is 0.316. The zero-order valence-corrected chi connectivity index (χ0v) is 17.1. The van der Waals surface area contributed by atoms with Crippen molar-refractivity contribution in [2.45, 2.75) is 18.4 Å². The van der Waals surface area contributed by atoms with E-state index in [-0.39, 0.29) is 0 Å². The van der Waals surface area contributed by atoms with Gasteiger partial charge in [0.05, 0.1) is 37.8 Å². The number of rotatable bonds is 6. The Morgan fingerprint density at radius 2 is 1.93 bits per heavy atom. The van der Waals surface area contributed by atoms with Crippen LogP contribution in [0.25, 0.3) is 11.4 Å². The van der Waals surface area contributed by atoms with E-state index in [1.165, 1.54) is 11.8 Å². The Hall–Kier alpha value is -2.82. The molecule has 9 nitrogen and oxygen atoms in total. The highest BCUT2D eigenvalue weighted by Crippen LogP contribution is 2.32. The monoisotopic (exact) mass is 412 g/mol. The van der Waals surface area contributed by atoms with E-state index < -0.39 is 6.29 Å². The summed E-state index contributed by atoms with van der Waals surface area (Å²) >= 11 is 1.46. The van der Waals surface area contributed by atoms with E-state index in [0.717, 1.165) is 16.8 Å². The zero-order chi connectivity index (χ0) is 20.2. The first-order valence-corrected chi connectivity index (χ1v) is 10.2. The Kier molecular flexibility index (Phi) is 5.84. The number of nitrogens with one attached hydrogen (secondary N) is 1. The lowest BCUT2D eigenvalue weighted by Gasteiger charge is -2.15. The van der Waals surface area contributed by atoms with Gasteiger partial charge >= 0.3 is 0 Å². The molecule has 0 unspecified atom stereocenters. The second kappa shape index (κ2) is 8.68. The third-order valence-corrected chi connectivity index (χ3v) is 4.71. The third-order valence-electron chi connectivity index (χ3n) is 4.16. The number of thioether (sulfide) groups is 1. The van der Waals surface area contributed by atoms with E-state index in [9.17, 15) is 0 Å². The largest absolute Gasteiger partial charge is 0.481 e. The summed E-state index contributed by atoms with van der Waals surface area (Å²) in [4.78, 5) is 22.2.